The molecule has 0 saturated heterocycles. The monoisotopic (exact) mass is 310 g/mol. The van der Waals surface area contributed by atoms with Crippen LogP contribution in [0.15, 0.2) is 18.2 Å². The second-order valence-electron chi connectivity index (χ2n) is 3.59. The zero-order chi connectivity index (χ0) is 14.2. The molecule has 19 heavy (non-hydrogen) atoms. The molecule has 0 spiro atoms. The normalized spacial score (nSPS) is 11.1. The minimum atomic E-state index is -3.05. The average molecular weight is 311 g/mol. The SMILES string of the molecule is Cn1nc(-c2ccc(Cl)cc2F)c(Cl)c1OC(F)F. The Hall–Kier alpha value is -1.40. The van der Waals surface area contributed by atoms with Crippen LogP contribution in [-0.2, 0) is 7.05 Å². The number of hydrogen-bond donors (Lipinski definition) is 0. The smallest absolute Gasteiger partial charge is 0.388 e. The minimum Gasteiger partial charge on any atom is -0.416 e. The van der Waals surface area contributed by atoms with Crippen LogP contribution in [0.1, 0.15) is 0 Å². The Bertz CT molecular complexity index is 616. The number of aromatic nitrogens is 2. The molecule has 0 radical (unpaired) electrons. The lowest BCUT2D eigenvalue weighted by Gasteiger charge is -2.03. The number of hydrogen-bond acceptors (Lipinski definition) is 2. The highest BCUT2D eigenvalue weighted by atomic mass is 35.5. The number of rotatable bonds is 3. The zero-order valence-electron chi connectivity index (χ0n) is 9.50. The van der Waals surface area contributed by atoms with Crippen molar-refractivity contribution in [1.82, 2.24) is 9.78 Å². The van der Waals surface area contributed by atoms with Crippen molar-refractivity contribution in [2.45, 2.75) is 6.61 Å². The first-order chi connectivity index (χ1) is 8.90. The van der Waals surface area contributed by atoms with E-state index in [1.54, 1.807) is 0 Å². The van der Waals surface area contributed by atoms with Gasteiger partial charge in [0.1, 0.15) is 16.5 Å². The molecule has 1 aromatic carbocycles. The maximum Gasteiger partial charge on any atom is 0.388 e. The molecule has 102 valence electrons. The van der Waals surface area contributed by atoms with Crippen LogP contribution in [0.25, 0.3) is 11.3 Å². The van der Waals surface area contributed by atoms with E-state index in [0.717, 1.165) is 10.7 Å². The molecule has 2 aromatic rings. The molecule has 0 bridgehead atoms. The summed E-state index contributed by atoms with van der Waals surface area (Å²) in [4.78, 5) is 0. The van der Waals surface area contributed by atoms with Crippen molar-refractivity contribution in [2.24, 2.45) is 7.05 Å². The summed E-state index contributed by atoms with van der Waals surface area (Å²) < 4.78 is 43.4. The predicted molar refractivity (Wildman–Crippen MR) is 65.3 cm³/mol. The lowest BCUT2D eigenvalue weighted by molar-refractivity contribution is -0.0552. The molecule has 1 aromatic heterocycles. The lowest BCUT2D eigenvalue weighted by Crippen LogP contribution is -2.06. The number of nitrogens with zero attached hydrogens (tertiary/aromatic N) is 2. The van der Waals surface area contributed by atoms with Gasteiger partial charge in [0.05, 0.1) is 0 Å². The number of benzene rings is 1. The third-order valence-electron chi connectivity index (χ3n) is 2.33. The Kier molecular flexibility index (Phi) is 3.91. The van der Waals surface area contributed by atoms with Gasteiger partial charge in [-0.3, -0.25) is 0 Å². The van der Waals surface area contributed by atoms with Crippen molar-refractivity contribution in [3.63, 3.8) is 0 Å². The van der Waals surface area contributed by atoms with E-state index < -0.39 is 12.4 Å². The van der Waals surface area contributed by atoms with Gasteiger partial charge in [-0.15, -0.1) is 0 Å². The van der Waals surface area contributed by atoms with E-state index in [4.69, 9.17) is 23.2 Å². The lowest BCUT2D eigenvalue weighted by atomic mass is 10.1. The molecule has 0 N–H and O–H groups in total. The van der Waals surface area contributed by atoms with E-state index in [9.17, 15) is 13.2 Å². The molecule has 2 rings (SSSR count). The highest BCUT2D eigenvalue weighted by Crippen LogP contribution is 2.36. The van der Waals surface area contributed by atoms with Crippen LogP contribution < -0.4 is 4.74 Å². The van der Waals surface area contributed by atoms with E-state index in [1.807, 2.05) is 0 Å². The quantitative estimate of drug-likeness (QED) is 0.852. The fraction of sp³-hybridized carbons (Fsp3) is 0.182. The molecule has 0 aliphatic carbocycles. The van der Waals surface area contributed by atoms with Gasteiger partial charge < -0.3 is 4.74 Å². The Labute approximate surface area is 116 Å². The summed E-state index contributed by atoms with van der Waals surface area (Å²) in [5.41, 5.74) is 0.0584. The molecule has 0 saturated carbocycles. The molecule has 0 aliphatic rings. The second kappa shape index (κ2) is 5.30. The van der Waals surface area contributed by atoms with Gasteiger partial charge >= 0.3 is 6.61 Å². The van der Waals surface area contributed by atoms with Gasteiger partial charge in [0, 0.05) is 17.6 Å². The third-order valence-corrected chi connectivity index (χ3v) is 2.90. The van der Waals surface area contributed by atoms with E-state index in [2.05, 4.69) is 9.84 Å². The van der Waals surface area contributed by atoms with Crippen LogP contribution in [0.4, 0.5) is 13.2 Å². The average Bonchev–Trinajstić information content (AvgIpc) is 2.57. The molecular weight excluding hydrogens is 304 g/mol. The number of ether oxygens (including phenoxy) is 1. The van der Waals surface area contributed by atoms with Crippen molar-refractivity contribution in [2.75, 3.05) is 0 Å². The van der Waals surface area contributed by atoms with Crippen molar-refractivity contribution < 1.29 is 17.9 Å². The van der Waals surface area contributed by atoms with Crippen molar-refractivity contribution in [1.29, 1.82) is 0 Å². The van der Waals surface area contributed by atoms with Crippen molar-refractivity contribution in [3.8, 4) is 17.1 Å². The summed E-state index contributed by atoms with van der Waals surface area (Å²) in [7, 11) is 1.36. The molecule has 0 unspecified atom stereocenters. The largest absolute Gasteiger partial charge is 0.416 e. The highest BCUT2D eigenvalue weighted by molar-refractivity contribution is 6.34. The summed E-state index contributed by atoms with van der Waals surface area (Å²) in [5, 5.41) is 3.88. The molecule has 0 atom stereocenters. The summed E-state index contributed by atoms with van der Waals surface area (Å²) >= 11 is 11.5. The second-order valence-corrected chi connectivity index (χ2v) is 4.41. The Morgan fingerprint density at radius 3 is 2.58 bits per heavy atom. The van der Waals surface area contributed by atoms with E-state index in [1.165, 1.54) is 19.2 Å². The van der Waals surface area contributed by atoms with E-state index >= 15 is 0 Å². The first-order valence-corrected chi connectivity index (χ1v) is 5.78. The molecule has 0 aliphatic heterocycles. The zero-order valence-corrected chi connectivity index (χ0v) is 11.0. The van der Waals surface area contributed by atoms with Gasteiger partial charge in [0.2, 0.25) is 5.88 Å². The van der Waals surface area contributed by atoms with Gasteiger partial charge in [-0.2, -0.15) is 13.9 Å². The predicted octanol–water partition coefficient (Wildman–Crippen LogP) is 4.13. The fourth-order valence-electron chi connectivity index (χ4n) is 1.55. The van der Waals surface area contributed by atoms with Gasteiger partial charge in [-0.05, 0) is 18.2 Å². The van der Waals surface area contributed by atoms with Crippen LogP contribution >= 0.6 is 23.2 Å². The summed E-state index contributed by atoms with van der Waals surface area (Å²) in [6.07, 6.45) is 0. The van der Waals surface area contributed by atoms with Gasteiger partial charge in [-0.25, -0.2) is 9.07 Å². The maximum atomic E-state index is 13.7. The third kappa shape index (κ3) is 2.79. The van der Waals surface area contributed by atoms with Crippen molar-refractivity contribution >= 4 is 23.2 Å². The van der Waals surface area contributed by atoms with Crippen molar-refractivity contribution in [3.05, 3.63) is 34.1 Å². The fourth-order valence-corrected chi connectivity index (χ4v) is 2.01. The summed E-state index contributed by atoms with van der Waals surface area (Å²) in [6, 6.07) is 3.88. The van der Waals surface area contributed by atoms with Crippen LogP contribution in [0, 0.1) is 5.82 Å². The van der Waals surface area contributed by atoms with Crippen LogP contribution in [-0.4, -0.2) is 16.4 Å². The standard InChI is InChI=1S/C11H7Cl2F3N2O/c1-18-10(19-11(15)16)8(13)9(17-18)6-3-2-5(12)4-7(6)14/h2-4,11H,1H3. The highest BCUT2D eigenvalue weighted by Gasteiger charge is 2.22. The molecule has 0 amide bonds. The molecule has 1 heterocycles. The minimum absolute atomic E-state index is 0.00832. The summed E-state index contributed by atoms with van der Waals surface area (Å²) in [6.45, 7) is -3.05. The van der Waals surface area contributed by atoms with Crippen LogP contribution in [0.2, 0.25) is 10.0 Å². The topological polar surface area (TPSA) is 27.1 Å². The molecular formula is C11H7Cl2F3N2O. The molecule has 3 nitrogen and oxygen atoms in total. The Balaban J connectivity index is 2.51. The van der Waals surface area contributed by atoms with Gasteiger partial charge in [0.15, 0.2) is 0 Å². The van der Waals surface area contributed by atoms with Crippen LogP contribution in [0.5, 0.6) is 5.88 Å². The maximum absolute atomic E-state index is 13.7. The van der Waals surface area contributed by atoms with E-state index in [-0.39, 0.29) is 27.2 Å². The first kappa shape index (κ1) is 14.0. The first-order valence-electron chi connectivity index (χ1n) is 5.03. The van der Waals surface area contributed by atoms with Gasteiger partial charge in [0.25, 0.3) is 0 Å². The Morgan fingerprint density at radius 2 is 2.00 bits per heavy atom. The number of aryl methyl sites for hydroxylation is 1. The van der Waals surface area contributed by atoms with E-state index in [0.29, 0.717) is 0 Å². The molecule has 8 heteroatoms. The van der Waals surface area contributed by atoms with Crippen LogP contribution in [0.3, 0.4) is 0 Å². The summed E-state index contributed by atoms with van der Waals surface area (Å²) in [5.74, 6) is -0.989. The number of alkyl halides is 2. The van der Waals surface area contributed by atoms with Gasteiger partial charge in [-0.1, -0.05) is 23.2 Å². The Morgan fingerprint density at radius 1 is 1.32 bits per heavy atom. The molecule has 0 fully saturated rings. The number of halogens is 5.